The zero-order valence-corrected chi connectivity index (χ0v) is 8.73. The van der Waals surface area contributed by atoms with Crippen LogP contribution < -0.4 is 5.32 Å². The Balaban J connectivity index is 3.34. The third-order valence-corrected chi connectivity index (χ3v) is 2.03. The van der Waals surface area contributed by atoms with Crippen molar-refractivity contribution < 1.29 is 4.74 Å². The summed E-state index contributed by atoms with van der Waals surface area (Å²) in [4.78, 5) is 0. The highest BCUT2D eigenvalue weighted by Crippen LogP contribution is 2.04. The van der Waals surface area contributed by atoms with E-state index in [1.807, 2.05) is 0 Å². The van der Waals surface area contributed by atoms with E-state index in [2.05, 4.69) is 19.2 Å². The fraction of sp³-hybridized carbons (Fsp3) is 1.00. The highest BCUT2D eigenvalue weighted by molar-refractivity contribution is 4.64. The van der Waals surface area contributed by atoms with E-state index in [0.717, 1.165) is 13.2 Å². The minimum absolute atomic E-state index is 0.704. The molecule has 1 N–H and O–H groups in total. The molecule has 0 heterocycles. The summed E-state index contributed by atoms with van der Waals surface area (Å²) >= 11 is 0. The molecule has 0 aliphatic rings. The summed E-state index contributed by atoms with van der Waals surface area (Å²) in [6.07, 6.45) is 4.98. The van der Waals surface area contributed by atoms with Crippen LogP contribution in [0, 0.1) is 0 Å². The molecule has 1 atom stereocenters. The van der Waals surface area contributed by atoms with Crippen LogP contribution in [-0.4, -0.2) is 26.3 Å². The molecular weight excluding hydrogens is 150 g/mol. The zero-order chi connectivity index (χ0) is 9.23. The van der Waals surface area contributed by atoms with Crippen LogP contribution in [0.4, 0.5) is 0 Å². The molecular formula is C10H23NO. The van der Waals surface area contributed by atoms with Gasteiger partial charge in [-0.1, -0.05) is 20.3 Å². The molecule has 0 rings (SSSR count). The second-order valence-corrected chi connectivity index (χ2v) is 3.18. The van der Waals surface area contributed by atoms with Gasteiger partial charge in [0.1, 0.15) is 0 Å². The Hall–Kier alpha value is -0.0800. The van der Waals surface area contributed by atoms with Crippen molar-refractivity contribution in [2.75, 3.05) is 20.3 Å². The first-order valence-corrected chi connectivity index (χ1v) is 5.07. The monoisotopic (exact) mass is 173 g/mol. The number of nitrogens with one attached hydrogen (secondary N) is 1. The molecule has 0 radical (unpaired) electrons. The second-order valence-electron chi connectivity index (χ2n) is 3.18. The van der Waals surface area contributed by atoms with Gasteiger partial charge in [-0.2, -0.15) is 0 Å². The molecule has 0 saturated heterocycles. The summed E-state index contributed by atoms with van der Waals surface area (Å²) < 4.78 is 5.02. The minimum atomic E-state index is 0.704. The van der Waals surface area contributed by atoms with Gasteiger partial charge in [0.2, 0.25) is 0 Å². The fourth-order valence-corrected chi connectivity index (χ4v) is 1.46. The van der Waals surface area contributed by atoms with Gasteiger partial charge in [0.25, 0.3) is 0 Å². The minimum Gasteiger partial charge on any atom is -0.385 e. The van der Waals surface area contributed by atoms with Gasteiger partial charge in [-0.3, -0.25) is 0 Å². The Morgan fingerprint density at radius 1 is 1.25 bits per heavy atom. The summed E-state index contributed by atoms with van der Waals surface area (Å²) in [5.41, 5.74) is 0. The molecule has 0 fully saturated rings. The molecule has 0 aliphatic carbocycles. The molecule has 74 valence electrons. The number of ether oxygens (including phenoxy) is 1. The third-order valence-electron chi connectivity index (χ3n) is 2.03. The predicted molar refractivity (Wildman–Crippen MR) is 53.5 cm³/mol. The third kappa shape index (κ3) is 6.62. The van der Waals surface area contributed by atoms with Gasteiger partial charge in [-0.25, -0.2) is 0 Å². The number of hydrogen-bond acceptors (Lipinski definition) is 2. The molecule has 0 amide bonds. The first kappa shape index (κ1) is 11.9. The van der Waals surface area contributed by atoms with E-state index < -0.39 is 0 Å². The van der Waals surface area contributed by atoms with Crippen LogP contribution in [0.25, 0.3) is 0 Å². The van der Waals surface area contributed by atoms with E-state index in [9.17, 15) is 0 Å². The Morgan fingerprint density at radius 3 is 2.50 bits per heavy atom. The van der Waals surface area contributed by atoms with E-state index in [1.165, 1.54) is 25.7 Å². The van der Waals surface area contributed by atoms with Gasteiger partial charge in [0, 0.05) is 19.8 Å². The van der Waals surface area contributed by atoms with E-state index in [0.29, 0.717) is 6.04 Å². The van der Waals surface area contributed by atoms with Gasteiger partial charge in [0.15, 0.2) is 0 Å². The SMILES string of the molecule is CCCC(CCCOC)NCC. The molecule has 0 bridgehead atoms. The van der Waals surface area contributed by atoms with Crippen LogP contribution in [0.3, 0.4) is 0 Å². The van der Waals surface area contributed by atoms with Gasteiger partial charge < -0.3 is 10.1 Å². The molecule has 0 saturated carbocycles. The normalized spacial score (nSPS) is 13.2. The first-order valence-electron chi connectivity index (χ1n) is 5.07. The Morgan fingerprint density at radius 2 is 2.00 bits per heavy atom. The van der Waals surface area contributed by atoms with Crippen LogP contribution in [0.15, 0.2) is 0 Å². The summed E-state index contributed by atoms with van der Waals surface area (Å²) in [7, 11) is 1.77. The maximum atomic E-state index is 5.02. The number of methoxy groups -OCH3 is 1. The standard InChI is InChI=1S/C10H23NO/c1-4-7-10(11-5-2)8-6-9-12-3/h10-11H,4-9H2,1-3H3. The molecule has 0 spiro atoms. The second kappa shape index (κ2) is 9.01. The summed E-state index contributed by atoms with van der Waals surface area (Å²) in [6.45, 7) is 6.38. The van der Waals surface area contributed by atoms with Crippen LogP contribution >= 0.6 is 0 Å². The summed E-state index contributed by atoms with van der Waals surface area (Å²) in [5, 5.41) is 3.49. The van der Waals surface area contributed by atoms with Gasteiger partial charge >= 0.3 is 0 Å². The largest absolute Gasteiger partial charge is 0.385 e. The molecule has 2 heteroatoms. The van der Waals surface area contributed by atoms with Crippen LogP contribution in [-0.2, 0) is 4.74 Å². The Bertz CT molecular complexity index is 79.9. The zero-order valence-electron chi connectivity index (χ0n) is 8.73. The van der Waals surface area contributed by atoms with Crippen molar-refractivity contribution in [1.29, 1.82) is 0 Å². The lowest BCUT2D eigenvalue weighted by Gasteiger charge is -2.16. The van der Waals surface area contributed by atoms with Crippen molar-refractivity contribution in [3.63, 3.8) is 0 Å². The molecule has 1 unspecified atom stereocenters. The van der Waals surface area contributed by atoms with Crippen molar-refractivity contribution in [3.05, 3.63) is 0 Å². The first-order chi connectivity index (χ1) is 5.85. The van der Waals surface area contributed by atoms with Crippen molar-refractivity contribution in [1.82, 2.24) is 5.32 Å². The maximum Gasteiger partial charge on any atom is 0.0462 e. The van der Waals surface area contributed by atoms with Crippen LogP contribution in [0.2, 0.25) is 0 Å². The molecule has 0 aromatic carbocycles. The lowest BCUT2D eigenvalue weighted by Crippen LogP contribution is -2.28. The average molecular weight is 173 g/mol. The Kier molecular flexibility index (Phi) is 8.95. The molecule has 0 aromatic rings. The van der Waals surface area contributed by atoms with E-state index >= 15 is 0 Å². The number of rotatable bonds is 8. The highest BCUT2D eigenvalue weighted by Gasteiger charge is 2.04. The summed E-state index contributed by atoms with van der Waals surface area (Å²) in [5.74, 6) is 0. The highest BCUT2D eigenvalue weighted by atomic mass is 16.5. The van der Waals surface area contributed by atoms with Crippen molar-refractivity contribution in [2.45, 2.75) is 45.6 Å². The van der Waals surface area contributed by atoms with E-state index in [1.54, 1.807) is 7.11 Å². The van der Waals surface area contributed by atoms with Crippen molar-refractivity contribution in [2.24, 2.45) is 0 Å². The Labute approximate surface area is 76.7 Å². The van der Waals surface area contributed by atoms with E-state index in [-0.39, 0.29) is 0 Å². The van der Waals surface area contributed by atoms with Crippen molar-refractivity contribution >= 4 is 0 Å². The van der Waals surface area contributed by atoms with E-state index in [4.69, 9.17) is 4.74 Å². The summed E-state index contributed by atoms with van der Waals surface area (Å²) in [6, 6.07) is 0.704. The molecule has 2 nitrogen and oxygen atoms in total. The molecule has 12 heavy (non-hydrogen) atoms. The average Bonchev–Trinajstić information content (AvgIpc) is 2.06. The lowest BCUT2D eigenvalue weighted by molar-refractivity contribution is 0.188. The fourth-order valence-electron chi connectivity index (χ4n) is 1.46. The molecule has 0 aromatic heterocycles. The van der Waals surface area contributed by atoms with Crippen LogP contribution in [0.1, 0.15) is 39.5 Å². The van der Waals surface area contributed by atoms with Crippen LogP contribution in [0.5, 0.6) is 0 Å². The number of hydrogen-bond donors (Lipinski definition) is 1. The maximum absolute atomic E-state index is 5.02. The lowest BCUT2D eigenvalue weighted by atomic mass is 10.1. The quantitative estimate of drug-likeness (QED) is 0.568. The van der Waals surface area contributed by atoms with Gasteiger partial charge in [-0.05, 0) is 25.8 Å². The predicted octanol–water partition coefficient (Wildman–Crippen LogP) is 2.19. The topological polar surface area (TPSA) is 21.3 Å². The van der Waals surface area contributed by atoms with Gasteiger partial charge in [-0.15, -0.1) is 0 Å². The van der Waals surface area contributed by atoms with Crippen molar-refractivity contribution in [3.8, 4) is 0 Å². The molecule has 0 aliphatic heterocycles. The smallest absolute Gasteiger partial charge is 0.0462 e. The van der Waals surface area contributed by atoms with Gasteiger partial charge in [0.05, 0.1) is 0 Å².